The predicted molar refractivity (Wildman–Crippen MR) is 59.6 cm³/mol. The van der Waals surface area contributed by atoms with Crippen molar-refractivity contribution < 1.29 is 8.42 Å². The number of aromatic amines is 1. The Morgan fingerprint density at radius 2 is 2.19 bits per heavy atom. The first-order chi connectivity index (χ1) is 7.58. The van der Waals surface area contributed by atoms with Crippen LogP contribution in [0.1, 0.15) is 19.3 Å². The summed E-state index contributed by atoms with van der Waals surface area (Å²) in [5, 5.41) is 0. The second-order valence-corrected chi connectivity index (χ2v) is 5.80. The van der Waals surface area contributed by atoms with Crippen LogP contribution in [-0.4, -0.2) is 19.9 Å². The van der Waals surface area contributed by atoms with Crippen molar-refractivity contribution in [1.82, 2.24) is 9.71 Å². The highest BCUT2D eigenvalue weighted by Crippen LogP contribution is 2.25. The highest BCUT2D eigenvalue weighted by atomic mass is 32.2. The zero-order valence-corrected chi connectivity index (χ0v) is 9.59. The second kappa shape index (κ2) is 4.39. The summed E-state index contributed by atoms with van der Waals surface area (Å²) in [6.45, 7) is 0.467. The Morgan fingerprint density at radius 3 is 2.75 bits per heavy atom. The summed E-state index contributed by atoms with van der Waals surface area (Å²) in [6.07, 6.45) is 4.67. The summed E-state index contributed by atoms with van der Waals surface area (Å²) in [4.78, 5) is 13.4. The Balaban J connectivity index is 2.08. The largest absolute Gasteiger partial charge is 0.329 e. The zero-order valence-electron chi connectivity index (χ0n) is 8.77. The first-order valence-corrected chi connectivity index (χ1v) is 6.75. The van der Waals surface area contributed by atoms with Gasteiger partial charge >= 0.3 is 0 Å². The lowest BCUT2D eigenvalue weighted by atomic mass is 9.86. The van der Waals surface area contributed by atoms with Gasteiger partial charge in [0.25, 0.3) is 0 Å². The van der Waals surface area contributed by atoms with Gasteiger partial charge in [-0.3, -0.25) is 4.79 Å². The third kappa shape index (κ3) is 2.51. The third-order valence-corrected chi connectivity index (χ3v) is 4.26. The number of rotatable bonds is 4. The lowest BCUT2D eigenvalue weighted by Gasteiger charge is -2.25. The molecule has 0 amide bonds. The van der Waals surface area contributed by atoms with Crippen LogP contribution in [0.5, 0.6) is 0 Å². The molecule has 1 fully saturated rings. The molecule has 2 rings (SSSR count). The Bertz CT molecular complexity index is 517. The molecule has 0 atom stereocenters. The summed E-state index contributed by atoms with van der Waals surface area (Å²) >= 11 is 0. The molecule has 1 saturated carbocycles. The van der Waals surface area contributed by atoms with Crippen molar-refractivity contribution in [1.29, 1.82) is 0 Å². The van der Waals surface area contributed by atoms with Gasteiger partial charge in [-0.25, -0.2) is 13.1 Å². The van der Waals surface area contributed by atoms with Crippen LogP contribution in [0.2, 0.25) is 0 Å². The number of hydrogen-bond acceptors (Lipinski definition) is 3. The lowest BCUT2D eigenvalue weighted by molar-refractivity contribution is 0.316. The van der Waals surface area contributed by atoms with Crippen molar-refractivity contribution in [2.24, 2.45) is 5.92 Å². The Kier molecular flexibility index (Phi) is 3.11. The minimum absolute atomic E-state index is 0.0237. The molecule has 0 aromatic carbocycles. The number of nitrogens with one attached hydrogen (secondary N) is 2. The van der Waals surface area contributed by atoms with Crippen LogP contribution in [0.15, 0.2) is 28.0 Å². The molecule has 1 aromatic rings. The average molecular weight is 242 g/mol. The quantitative estimate of drug-likeness (QED) is 0.804. The lowest BCUT2D eigenvalue weighted by Crippen LogP contribution is -2.32. The molecule has 5 nitrogen and oxygen atoms in total. The van der Waals surface area contributed by atoms with E-state index in [1.54, 1.807) is 0 Å². The van der Waals surface area contributed by atoms with E-state index >= 15 is 0 Å². The van der Waals surface area contributed by atoms with Gasteiger partial charge in [-0.05, 0) is 24.8 Å². The Labute approximate surface area is 93.9 Å². The molecular formula is C10H14N2O3S. The van der Waals surface area contributed by atoms with Crippen LogP contribution < -0.4 is 10.3 Å². The van der Waals surface area contributed by atoms with Gasteiger partial charge in [0.2, 0.25) is 15.6 Å². The van der Waals surface area contributed by atoms with E-state index in [9.17, 15) is 13.2 Å². The van der Waals surface area contributed by atoms with Gasteiger partial charge < -0.3 is 4.98 Å². The summed E-state index contributed by atoms with van der Waals surface area (Å²) in [5.74, 6) is 0.455. The molecule has 0 saturated heterocycles. The summed E-state index contributed by atoms with van der Waals surface area (Å²) in [7, 11) is -3.52. The van der Waals surface area contributed by atoms with Gasteiger partial charge in [0, 0.05) is 18.8 Å². The minimum atomic E-state index is -3.52. The fourth-order valence-corrected chi connectivity index (χ4v) is 2.73. The van der Waals surface area contributed by atoms with Crippen molar-refractivity contribution in [3.05, 3.63) is 28.7 Å². The van der Waals surface area contributed by atoms with Crippen LogP contribution in [-0.2, 0) is 10.0 Å². The molecule has 16 heavy (non-hydrogen) atoms. The van der Waals surface area contributed by atoms with Crippen molar-refractivity contribution in [2.75, 3.05) is 6.54 Å². The van der Waals surface area contributed by atoms with Crippen molar-refractivity contribution in [3.8, 4) is 0 Å². The monoisotopic (exact) mass is 242 g/mol. The van der Waals surface area contributed by atoms with Crippen molar-refractivity contribution in [3.63, 3.8) is 0 Å². The van der Waals surface area contributed by atoms with Crippen LogP contribution in [0.25, 0.3) is 0 Å². The molecular weight excluding hydrogens is 228 g/mol. The number of H-pyrrole nitrogens is 1. The molecule has 1 aliphatic carbocycles. The summed E-state index contributed by atoms with van der Waals surface area (Å²) < 4.78 is 26.1. The van der Waals surface area contributed by atoms with E-state index in [1.165, 1.54) is 18.7 Å². The molecule has 1 aromatic heterocycles. The van der Waals surface area contributed by atoms with E-state index in [0.29, 0.717) is 12.5 Å². The van der Waals surface area contributed by atoms with Gasteiger partial charge in [-0.1, -0.05) is 6.42 Å². The SMILES string of the molecule is O=c1cc(S(=O)(=O)NCC2CCC2)cc[nH]1. The normalized spacial score (nSPS) is 17.0. The molecule has 0 radical (unpaired) electrons. The fourth-order valence-electron chi connectivity index (χ4n) is 1.60. The maximum Gasteiger partial charge on any atom is 0.249 e. The smallest absolute Gasteiger partial charge is 0.249 e. The maximum absolute atomic E-state index is 11.8. The molecule has 2 N–H and O–H groups in total. The Morgan fingerprint density at radius 1 is 1.44 bits per heavy atom. The highest BCUT2D eigenvalue weighted by molar-refractivity contribution is 7.89. The topological polar surface area (TPSA) is 79.0 Å². The number of pyridine rings is 1. The van der Waals surface area contributed by atoms with Crippen LogP contribution in [0.3, 0.4) is 0 Å². The molecule has 0 unspecified atom stereocenters. The minimum Gasteiger partial charge on any atom is -0.329 e. The first-order valence-electron chi connectivity index (χ1n) is 5.26. The van der Waals surface area contributed by atoms with Crippen LogP contribution in [0, 0.1) is 5.92 Å². The van der Waals surface area contributed by atoms with Gasteiger partial charge in [0.1, 0.15) is 0 Å². The van der Waals surface area contributed by atoms with Gasteiger partial charge in [0.05, 0.1) is 4.90 Å². The standard InChI is InChI=1S/C10H14N2O3S/c13-10-6-9(4-5-11-10)16(14,15)12-7-8-2-1-3-8/h4-6,8,12H,1-3,7H2,(H,11,13). The number of aromatic nitrogens is 1. The predicted octanol–water partition coefficient (Wildman–Crippen LogP) is 0.453. The van der Waals surface area contributed by atoms with Crippen LogP contribution >= 0.6 is 0 Å². The third-order valence-electron chi connectivity index (χ3n) is 2.84. The molecule has 0 spiro atoms. The average Bonchev–Trinajstić information content (AvgIpc) is 2.15. The van der Waals surface area contributed by atoms with E-state index < -0.39 is 15.6 Å². The van der Waals surface area contributed by atoms with E-state index in [0.717, 1.165) is 18.9 Å². The fraction of sp³-hybridized carbons (Fsp3) is 0.500. The van der Waals surface area contributed by atoms with Crippen molar-refractivity contribution in [2.45, 2.75) is 24.2 Å². The first kappa shape index (κ1) is 11.3. The molecule has 88 valence electrons. The Hall–Kier alpha value is -1.14. The molecule has 1 aliphatic rings. The molecule has 0 bridgehead atoms. The summed E-state index contributed by atoms with van der Waals surface area (Å²) in [5.41, 5.74) is -0.411. The van der Waals surface area contributed by atoms with Gasteiger partial charge in [0.15, 0.2) is 0 Å². The molecule has 1 heterocycles. The van der Waals surface area contributed by atoms with E-state index in [1.807, 2.05) is 0 Å². The highest BCUT2D eigenvalue weighted by Gasteiger charge is 2.21. The van der Waals surface area contributed by atoms with Gasteiger partial charge in [-0.15, -0.1) is 0 Å². The number of sulfonamides is 1. The summed E-state index contributed by atoms with van der Waals surface area (Å²) in [6, 6.07) is 2.47. The zero-order chi connectivity index (χ0) is 11.6. The van der Waals surface area contributed by atoms with Crippen molar-refractivity contribution >= 4 is 10.0 Å². The van der Waals surface area contributed by atoms with Crippen LogP contribution in [0.4, 0.5) is 0 Å². The molecule has 0 aliphatic heterocycles. The van der Waals surface area contributed by atoms with E-state index in [4.69, 9.17) is 0 Å². The molecule has 6 heteroatoms. The second-order valence-electron chi connectivity index (χ2n) is 4.04. The maximum atomic E-state index is 11.8. The van der Waals surface area contributed by atoms with E-state index in [-0.39, 0.29) is 4.90 Å². The van der Waals surface area contributed by atoms with E-state index in [2.05, 4.69) is 9.71 Å². The number of hydrogen-bond donors (Lipinski definition) is 2. The van der Waals surface area contributed by atoms with Gasteiger partial charge in [-0.2, -0.15) is 0 Å².